The number of allylic oxidation sites excluding steroid dienone is 1. The average Bonchev–Trinajstić information content (AvgIpc) is 3.47. The molecule has 0 nitrogen and oxygen atoms in total. The van der Waals surface area contributed by atoms with Crippen LogP contribution in [0.1, 0.15) is 22.9 Å². The molecule has 0 aliphatic heterocycles. The molecule has 1 aromatic heterocycles. The monoisotopic (exact) mass is 576 g/mol. The summed E-state index contributed by atoms with van der Waals surface area (Å²) in [5.74, 6) is 3.03. The zero-order chi connectivity index (χ0) is 29.6. The normalized spacial score (nSPS) is 11.9. The summed E-state index contributed by atoms with van der Waals surface area (Å²) in [5.41, 5.74) is 8.13. The van der Waals surface area contributed by atoms with Crippen molar-refractivity contribution in [3.63, 3.8) is 0 Å². The first-order valence-corrected chi connectivity index (χ1v) is 15.7. The molecule has 0 unspecified atom stereocenters. The Bertz CT molecular complexity index is 2410. The van der Waals surface area contributed by atoms with E-state index in [-0.39, 0.29) is 0 Å². The molecule has 8 aromatic rings. The van der Waals surface area contributed by atoms with Gasteiger partial charge in [0, 0.05) is 10.1 Å². The molecule has 0 radical (unpaired) electrons. The highest BCUT2D eigenvalue weighted by Gasteiger charge is 2.18. The molecule has 206 valence electrons. The number of fused-ring (bicyclic) bond motifs is 7. The third kappa shape index (κ3) is 4.15. The van der Waals surface area contributed by atoms with Crippen molar-refractivity contribution < 1.29 is 0 Å². The molecule has 0 N–H and O–H groups in total. The second-order valence-electron chi connectivity index (χ2n) is 11.1. The summed E-state index contributed by atoms with van der Waals surface area (Å²) in [7, 11) is 0. The van der Waals surface area contributed by atoms with Crippen molar-refractivity contribution in [3.05, 3.63) is 162 Å². The second-order valence-corrected chi connectivity index (χ2v) is 12.2. The van der Waals surface area contributed by atoms with Crippen molar-refractivity contribution in [3.8, 4) is 34.6 Å². The van der Waals surface area contributed by atoms with E-state index < -0.39 is 0 Å². The molecular weight excluding hydrogens is 549 g/mol. The Kier molecular flexibility index (Phi) is 6.37. The van der Waals surface area contributed by atoms with E-state index in [2.05, 4.69) is 158 Å². The molecule has 0 bridgehead atoms. The van der Waals surface area contributed by atoms with Crippen molar-refractivity contribution in [2.75, 3.05) is 0 Å². The van der Waals surface area contributed by atoms with Gasteiger partial charge in [-0.05, 0) is 84.8 Å². The second kappa shape index (κ2) is 10.7. The zero-order valence-electron chi connectivity index (χ0n) is 24.3. The first kappa shape index (κ1) is 26.2. The largest absolute Gasteiger partial charge is 0.133 e. The minimum absolute atomic E-state index is 0.966. The fourth-order valence-corrected chi connectivity index (χ4v) is 8.08. The first-order chi connectivity index (χ1) is 21.7. The summed E-state index contributed by atoms with van der Waals surface area (Å²) >= 11 is 1.79. The lowest BCUT2D eigenvalue weighted by Gasteiger charge is -2.12. The number of terminal acetylenes is 1. The molecule has 0 aliphatic rings. The van der Waals surface area contributed by atoms with Crippen LogP contribution in [0.5, 0.6) is 0 Å². The number of thiophene rings is 1. The van der Waals surface area contributed by atoms with E-state index in [4.69, 9.17) is 6.42 Å². The van der Waals surface area contributed by atoms with Crippen LogP contribution in [0.2, 0.25) is 0 Å². The maximum absolute atomic E-state index is 6.17. The Balaban J connectivity index is 1.29. The van der Waals surface area contributed by atoms with E-state index in [9.17, 15) is 0 Å². The molecular formula is C43H28S. The van der Waals surface area contributed by atoms with Crippen LogP contribution in [-0.4, -0.2) is 0 Å². The molecule has 0 saturated carbocycles. The van der Waals surface area contributed by atoms with E-state index in [1.165, 1.54) is 70.4 Å². The van der Waals surface area contributed by atoms with Gasteiger partial charge in [0.05, 0.1) is 10.4 Å². The Morgan fingerprint density at radius 2 is 1.11 bits per heavy atom. The Morgan fingerprint density at radius 1 is 0.545 bits per heavy atom. The predicted molar refractivity (Wildman–Crippen MR) is 192 cm³/mol. The summed E-state index contributed by atoms with van der Waals surface area (Å²) < 4.78 is 1.22. The summed E-state index contributed by atoms with van der Waals surface area (Å²) in [4.78, 5) is 1.15. The van der Waals surface area contributed by atoms with Crippen LogP contribution >= 0.6 is 11.3 Å². The van der Waals surface area contributed by atoms with Gasteiger partial charge in [0.15, 0.2) is 0 Å². The molecule has 0 saturated heterocycles. The van der Waals surface area contributed by atoms with Gasteiger partial charge in [0.25, 0.3) is 0 Å². The van der Waals surface area contributed by atoms with E-state index in [0.717, 1.165) is 15.8 Å². The summed E-state index contributed by atoms with van der Waals surface area (Å²) in [6.45, 7) is 2.09. The number of hydrogen-bond donors (Lipinski definition) is 0. The summed E-state index contributed by atoms with van der Waals surface area (Å²) in [5, 5.41) is 8.88. The predicted octanol–water partition coefficient (Wildman–Crippen LogP) is 12.1. The van der Waals surface area contributed by atoms with Crippen LogP contribution < -0.4 is 0 Å². The molecule has 8 rings (SSSR count). The third-order valence-electron chi connectivity index (χ3n) is 8.73. The Hall–Kier alpha value is -5.42. The van der Waals surface area contributed by atoms with Gasteiger partial charge in [-0.15, -0.1) is 17.8 Å². The van der Waals surface area contributed by atoms with Crippen LogP contribution in [0.25, 0.3) is 70.2 Å². The van der Waals surface area contributed by atoms with E-state index >= 15 is 0 Å². The maximum Gasteiger partial charge on any atom is 0.0514 e. The average molecular weight is 577 g/mol. The Morgan fingerprint density at radius 3 is 1.80 bits per heavy atom. The minimum Gasteiger partial charge on any atom is -0.133 e. The van der Waals surface area contributed by atoms with E-state index in [0.29, 0.717) is 0 Å². The lowest BCUT2D eigenvalue weighted by Crippen LogP contribution is -1.87. The van der Waals surface area contributed by atoms with Gasteiger partial charge in [-0.1, -0.05) is 139 Å². The van der Waals surface area contributed by atoms with E-state index in [1.807, 2.05) is 0 Å². The number of rotatable bonds is 4. The standard InChI is InChI=1S/C43H28S/c1-3-32(28-14-6-5-7-15-28)42-33(4-2)40-23-13-22-34(43(40)44-42)31-17-12-16-29(26-31)30-24-25-39-37-20-9-8-18-35(37)36-19-10-11-21-38(36)41(39)27-30/h2-3,5-27H,1H3/b32-3-. The SMILES string of the molecule is C#Cc1c(/C(=C\C)c2ccccc2)sc2c(-c3cccc(-c4ccc5c6ccccc6c6ccccc6c5c4)c3)cccc12. The van der Waals surface area contributed by atoms with Gasteiger partial charge < -0.3 is 0 Å². The molecule has 1 heterocycles. The van der Waals surface area contributed by atoms with Crippen molar-refractivity contribution in [2.45, 2.75) is 6.92 Å². The van der Waals surface area contributed by atoms with Crippen molar-refractivity contribution in [1.29, 1.82) is 0 Å². The van der Waals surface area contributed by atoms with Crippen LogP contribution in [0.15, 0.2) is 146 Å². The first-order valence-electron chi connectivity index (χ1n) is 14.9. The molecule has 0 spiro atoms. The maximum atomic E-state index is 6.17. The van der Waals surface area contributed by atoms with Gasteiger partial charge in [-0.2, -0.15) is 0 Å². The molecule has 0 aliphatic carbocycles. The van der Waals surface area contributed by atoms with Gasteiger partial charge >= 0.3 is 0 Å². The van der Waals surface area contributed by atoms with Crippen LogP contribution in [0.4, 0.5) is 0 Å². The quantitative estimate of drug-likeness (QED) is 0.144. The lowest BCUT2D eigenvalue weighted by atomic mass is 9.91. The fourth-order valence-electron chi connectivity index (χ4n) is 6.68. The van der Waals surface area contributed by atoms with Gasteiger partial charge in [-0.3, -0.25) is 0 Å². The molecule has 44 heavy (non-hydrogen) atoms. The van der Waals surface area contributed by atoms with Crippen molar-refractivity contribution >= 4 is 59.3 Å². The van der Waals surface area contributed by atoms with E-state index in [1.54, 1.807) is 11.3 Å². The van der Waals surface area contributed by atoms with Crippen molar-refractivity contribution in [1.82, 2.24) is 0 Å². The molecule has 0 fully saturated rings. The van der Waals surface area contributed by atoms with Crippen LogP contribution in [0, 0.1) is 12.3 Å². The highest BCUT2D eigenvalue weighted by atomic mass is 32.1. The third-order valence-corrected chi connectivity index (χ3v) is 10.0. The minimum atomic E-state index is 0.966. The topological polar surface area (TPSA) is 0 Å². The number of benzene rings is 7. The number of hydrogen-bond acceptors (Lipinski definition) is 1. The fraction of sp³-hybridized carbons (Fsp3) is 0.0233. The molecule has 1 heteroatoms. The van der Waals surface area contributed by atoms with Gasteiger partial charge in [0.2, 0.25) is 0 Å². The highest BCUT2D eigenvalue weighted by molar-refractivity contribution is 7.21. The van der Waals surface area contributed by atoms with Crippen molar-refractivity contribution in [2.24, 2.45) is 0 Å². The molecule has 0 amide bonds. The Labute approximate surface area is 261 Å². The summed E-state index contributed by atoms with van der Waals surface area (Å²) in [6, 6.07) is 50.4. The summed E-state index contributed by atoms with van der Waals surface area (Å²) in [6.07, 6.45) is 8.34. The van der Waals surface area contributed by atoms with Gasteiger partial charge in [0.1, 0.15) is 0 Å². The smallest absolute Gasteiger partial charge is 0.0514 e. The zero-order valence-corrected chi connectivity index (χ0v) is 25.2. The molecule has 0 atom stereocenters. The van der Waals surface area contributed by atoms with Crippen LogP contribution in [0.3, 0.4) is 0 Å². The molecule has 7 aromatic carbocycles. The van der Waals surface area contributed by atoms with Gasteiger partial charge in [-0.25, -0.2) is 0 Å². The lowest BCUT2D eigenvalue weighted by molar-refractivity contribution is 1.58. The highest BCUT2D eigenvalue weighted by Crippen LogP contribution is 2.43. The van der Waals surface area contributed by atoms with Crippen LogP contribution in [-0.2, 0) is 0 Å².